The highest BCUT2D eigenvalue weighted by Gasteiger charge is 2.05. The van der Waals surface area contributed by atoms with Crippen LogP contribution in [0, 0.1) is 0 Å². The van der Waals surface area contributed by atoms with E-state index in [2.05, 4.69) is 12.6 Å². The molecule has 0 aromatic heterocycles. The molecule has 0 amide bonds. The Balaban J connectivity index is 2.62. The Kier molecular flexibility index (Phi) is 5.44. The van der Waals surface area contributed by atoms with Crippen LogP contribution in [0.15, 0.2) is 46.2 Å². The Hall–Kier alpha value is -0.390. The molecule has 0 aliphatic carbocycles. The molecule has 0 N–H and O–H groups in total. The molecule has 0 heterocycles. The van der Waals surface area contributed by atoms with Crippen molar-refractivity contribution in [1.82, 2.24) is 0 Å². The highest BCUT2D eigenvalue weighted by molar-refractivity contribution is 7.99. The summed E-state index contributed by atoms with van der Waals surface area (Å²) in [6.45, 7) is 0. The zero-order valence-corrected chi connectivity index (χ0v) is 11.5. The second-order valence-corrected chi connectivity index (χ2v) is 6.68. The first-order valence-electron chi connectivity index (χ1n) is 4.73. The molecule has 0 bridgehead atoms. The van der Waals surface area contributed by atoms with Crippen molar-refractivity contribution >= 4 is 34.2 Å². The highest BCUT2D eigenvalue weighted by atomic mass is 32.2. The van der Waals surface area contributed by atoms with Crippen LogP contribution in [0.1, 0.15) is 0 Å². The van der Waals surface area contributed by atoms with Crippen LogP contribution in [0.4, 0.5) is 0 Å². The van der Waals surface area contributed by atoms with Crippen LogP contribution >= 0.6 is 24.4 Å². The minimum absolute atomic E-state index is 0.364. The Bertz CT molecular complexity index is 447. The average molecular weight is 274 g/mol. The van der Waals surface area contributed by atoms with E-state index in [9.17, 15) is 8.42 Å². The minimum atomic E-state index is -3.08. The van der Waals surface area contributed by atoms with E-state index >= 15 is 0 Å². The maximum atomic E-state index is 11.2. The molecule has 1 rings (SSSR count). The standard InChI is InChI=1S/C11H14O2S3/c1-16(12,13)11-6-4-10(5-7-11)15-9-3-2-8-14/h2-7,14H,8-9H2,1H3. The predicted octanol–water partition coefficient (Wildman–Crippen LogP) is 2.67. The van der Waals surface area contributed by atoms with Gasteiger partial charge in [0.15, 0.2) is 9.84 Å². The maximum Gasteiger partial charge on any atom is 0.175 e. The van der Waals surface area contributed by atoms with Gasteiger partial charge in [0, 0.05) is 22.7 Å². The number of thiol groups is 1. The number of rotatable bonds is 5. The van der Waals surface area contributed by atoms with Crippen LogP contribution in [0.2, 0.25) is 0 Å². The normalized spacial score (nSPS) is 12.1. The van der Waals surface area contributed by atoms with Crippen molar-refractivity contribution in [3.63, 3.8) is 0 Å². The zero-order valence-electron chi connectivity index (χ0n) is 8.96. The van der Waals surface area contributed by atoms with Gasteiger partial charge < -0.3 is 0 Å². The SMILES string of the molecule is CS(=O)(=O)c1ccc(SCC=CCS)cc1. The molecular formula is C11H14O2S3. The van der Waals surface area contributed by atoms with Gasteiger partial charge in [-0.15, -0.1) is 11.8 Å². The van der Waals surface area contributed by atoms with Crippen LogP contribution in [0.5, 0.6) is 0 Å². The smallest absolute Gasteiger partial charge is 0.175 e. The van der Waals surface area contributed by atoms with E-state index < -0.39 is 9.84 Å². The summed E-state index contributed by atoms with van der Waals surface area (Å²) in [6.07, 6.45) is 5.24. The summed E-state index contributed by atoms with van der Waals surface area (Å²) < 4.78 is 22.4. The number of hydrogen-bond acceptors (Lipinski definition) is 4. The van der Waals surface area contributed by atoms with Gasteiger partial charge in [-0.1, -0.05) is 12.2 Å². The molecule has 2 nitrogen and oxygen atoms in total. The maximum absolute atomic E-state index is 11.2. The predicted molar refractivity (Wildman–Crippen MR) is 73.3 cm³/mol. The van der Waals surface area contributed by atoms with Crippen molar-refractivity contribution in [2.75, 3.05) is 17.8 Å². The molecule has 0 spiro atoms. The lowest BCUT2D eigenvalue weighted by Gasteiger charge is -2.00. The number of hydrogen-bond donors (Lipinski definition) is 1. The van der Waals surface area contributed by atoms with Crippen LogP contribution in [0.25, 0.3) is 0 Å². The second-order valence-electron chi connectivity index (χ2n) is 3.21. The van der Waals surface area contributed by atoms with E-state index in [0.29, 0.717) is 4.90 Å². The quantitative estimate of drug-likeness (QED) is 0.509. The monoisotopic (exact) mass is 274 g/mol. The van der Waals surface area contributed by atoms with E-state index in [-0.39, 0.29) is 0 Å². The van der Waals surface area contributed by atoms with Crippen molar-refractivity contribution in [2.45, 2.75) is 9.79 Å². The number of sulfone groups is 1. The Morgan fingerprint density at radius 3 is 2.38 bits per heavy atom. The first-order chi connectivity index (χ1) is 7.54. The molecular weight excluding hydrogens is 260 g/mol. The van der Waals surface area contributed by atoms with Crippen LogP contribution < -0.4 is 0 Å². The van der Waals surface area contributed by atoms with E-state index in [1.807, 2.05) is 24.3 Å². The molecule has 16 heavy (non-hydrogen) atoms. The summed E-state index contributed by atoms with van der Waals surface area (Å²) in [5.41, 5.74) is 0. The van der Waals surface area contributed by atoms with Crippen LogP contribution in [0.3, 0.4) is 0 Å². The van der Waals surface area contributed by atoms with Gasteiger partial charge in [0.05, 0.1) is 4.90 Å². The van der Waals surface area contributed by atoms with Gasteiger partial charge in [-0.05, 0) is 24.3 Å². The minimum Gasteiger partial charge on any atom is -0.224 e. The molecule has 0 fully saturated rings. The first kappa shape index (κ1) is 13.7. The fourth-order valence-corrected chi connectivity index (χ4v) is 2.60. The summed E-state index contributed by atoms with van der Waals surface area (Å²) in [5.74, 6) is 1.62. The third kappa shape index (κ3) is 4.63. The van der Waals surface area contributed by atoms with E-state index in [4.69, 9.17) is 0 Å². The molecule has 0 saturated carbocycles. The van der Waals surface area contributed by atoms with Crippen LogP contribution in [-0.4, -0.2) is 26.2 Å². The van der Waals surface area contributed by atoms with Crippen molar-refractivity contribution in [1.29, 1.82) is 0 Å². The molecule has 5 heteroatoms. The van der Waals surface area contributed by atoms with Gasteiger partial charge in [0.2, 0.25) is 0 Å². The van der Waals surface area contributed by atoms with Crippen molar-refractivity contribution in [3.05, 3.63) is 36.4 Å². The lowest BCUT2D eigenvalue weighted by Crippen LogP contribution is -1.95. The first-order valence-corrected chi connectivity index (χ1v) is 8.24. The van der Waals surface area contributed by atoms with E-state index in [1.165, 1.54) is 6.26 Å². The number of thioether (sulfide) groups is 1. The number of benzene rings is 1. The molecule has 1 aromatic carbocycles. The lowest BCUT2D eigenvalue weighted by atomic mass is 10.4. The van der Waals surface area contributed by atoms with Crippen molar-refractivity contribution in [3.8, 4) is 0 Å². The summed E-state index contributed by atoms with van der Waals surface area (Å²) >= 11 is 5.73. The van der Waals surface area contributed by atoms with Crippen LogP contribution in [-0.2, 0) is 9.84 Å². The van der Waals surface area contributed by atoms with Gasteiger partial charge >= 0.3 is 0 Å². The Morgan fingerprint density at radius 1 is 1.25 bits per heavy atom. The third-order valence-electron chi connectivity index (χ3n) is 1.87. The second kappa shape index (κ2) is 6.37. The Labute approximate surface area is 106 Å². The summed E-state index contributed by atoms with van der Waals surface area (Å²) in [7, 11) is -3.08. The van der Waals surface area contributed by atoms with E-state index in [1.54, 1.807) is 23.9 Å². The molecule has 0 atom stereocenters. The molecule has 1 aromatic rings. The van der Waals surface area contributed by atoms with Gasteiger partial charge in [0.1, 0.15) is 0 Å². The summed E-state index contributed by atoms with van der Waals surface area (Å²) in [5, 5.41) is 0. The van der Waals surface area contributed by atoms with Crippen molar-refractivity contribution in [2.24, 2.45) is 0 Å². The third-order valence-corrected chi connectivity index (χ3v) is 4.17. The molecule has 88 valence electrons. The molecule has 0 aliphatic heterocycles. The molecule has 0 saturated heterocycles. The topological polar surface area (TPSA) is 34.1 Å². The highest BCUT2D eigenvalue weighted by Crippen LogP contribution is 2.20. The van der Waals surface area contributed by atoms with Gasteiger partial charge in [-0.3, -0.25) is 0 Å². The van der Waals surface area contributed by atoms with Gasteiger partial charge in [-0.2, -0.15) is 12.6 Å². The fourth-order valence-electron chi connectivity index (χ4n) is 1.07. The summed E-state index contributed by atoms with van der Waals surface area (Å²) in [4.78, 5) is 1.43. The zero-order chi connectivity index (χ0) is 12.0. The molecule has 0 aliphatic rings. The average Bonchev–Trinajstić information content (AvgIpc) is 2.24. The molecule has 0 unspecified atom stereocenters. The van der Waals surface area contributed by atoms with Gasteiger partial charge in [0.25, 0.3) is 0 Å². The van der Waals surface area contributed by atoms with E-state index in [0.717, 1.165) is 16.4 Å². The van der Waals surface area contributed by atoms with Crippen molar-refractivity contribution < 1.29 is 8.42 Å². The molecule has 0 radical (unpaired) electrons. The summed E-state index contributed by atoms with van der Waals surface area (Å²) in [6, 6.07) is 6.94. The fraction of sp³-hybridized carbons (Fsp3) is 0.273. The largest absolute Gasteiger partial charge is 0.224 e. The lowest BCUT2D eigenvalue weighted by molar-refractivity contribution is 0.602. The Morgan fingerprint density at radius 2 is 1.88 bits per heavy atom. The van der Waals surface area contributed by atoms with Gasteiger partial charge in [-0.25, -0.2) is 8.42 Å².